The standard InChI is InChI=1S/C12H20N4O2/c1-18-7-6-16(10-2-3-10)12(17)11-8-15(5-4-13)9-14-11/h8-10H,2-7,13H2,1H3. The zero-order valence-electron chi connectivity index (χ0n) is 10.7. The van der Waals surface area contributed by atoms with Gasteiger partial charge in [0.1, 0.15) is 5.69 Å². The first-order valence-electron chi connectivity index (χ1n) is 6.28. The summed E-state index contributed by atoms with van der Waals surface area (Å²) in [5.74, 6) is -0.00896. The molecule has 0 aromatic carbocycles. The minimum Gasteiger partial charge on any atom is -0.383 e. The highest BCUT2D eigenvalue weighted by Gasteiger charge is 2.33. The van der Waals surface area contributed by atoms with Gasteiger partial charge in [0, 0.05) is 39.0 Å². The molecule has 18 heavy (non-hydrogen) atoms. The van der Waals surface area contributed by atoms with Crippen LogP contribution in [0.1, 0.15) is 23.3 Å². The number of nitrogens with zero attached hydrogens (tertiary/aromatic N) is 3. The number of hydrogen-bond donors (Lipinski definition) is 1. The Bertz CT molecular complexity index is 401. The monoisotopic (exact) mass is 252 g/mol. The fourth-order valence-electron chi connectivity index (χ4n) is 1.91. The van der Waals surface area contributed by atoms with Crippen molar-refractivity contribution >= 4 is 5.91 Å². The zero-order valence-corrected chi connectivity index (χ0v) is 10.7. The molecule has 0 unspecified atom stereocenters. The number of nitrogens with two attached hydrogens (primary N) is 1. The topological polar surface area (TPSA) is 73.4 Å². The van der Waals surface area contributed by atoms with E-state index in [-0.39, 0.29) is 5.91 Å². The van der Waals surface area contributed by atoms with Gasteiger partial charge < -0.3 is 19.9 Å². The van der Waals surface area contributed by atoms with Gasteiger partial charge in [-0.3, -0.25) is 4.79 Å². The minimum absolute atomic E-state index is 0.00896. The molecule has 6 nitrogen and oxygen atoms in total. The average Bonchev–Trinajstić information content (AvgIpc) is 3.09. The molecule has 100 valence electrons. The van der Waals surface area contributed by atoms with Crippen molar-refractivity contribution in [2.24, 2.45) is 5.73 Å². The van der Waals surface area contributed by atoms with Crippen molar-refractivity contribution in [1.29, 1.82) is 0 Å². The van der Waals surface area contributed by atoms with Crippen LogP contribution in [-0.2, 0) is 11.3 Å². The molecule has 1 aliphatic rings. The summed E-state index contributed by atoms with van der Waals surface area (Å²) in [6.45, 7) is 2.41. The molecule has 1 fully saturated rings. The van der Waals surface area contributed by atoms with Crippen LogP contribution in [0.2, 0.25) is 0 Å². The first-order chi connectivity index (χ1) is 8.76. The van der Waals surface area contributed by atoms with E-state index < -0.39 is 0 Å². The second kappa shape index (κ2) is 5.97. The van der Waals surface area contributed by atoms with Crippen molar-refractivity contribution in [3.8, 4) is 0 Å². The van der Waals surface area contributed by atoms with Gasteiger partial charge in [-0.2, -0.15) is 0 Å². The van der Waals surface area contributed by atoms with E-state index >= 15 is 0 Å². The molecule has 0 spiro atoms. The SMILES string of the molecule is COCCN(C(=O)c1cn(CCN)cn1)C1CC1. The van der Waals surface area contributed by atoms with E-state index in [0.29, 0.717) is 38.0 Å². The van der Waals surface area contributed by atoms with E-state index in [1.807, 2.05) is 9.47 Å². The summed E-state index contributed by atoms with van der Waals surface area (Å²) in [6, 6.07) is 0.368. The molecule has 1 heterocycles. The van der Waals surface area contributed by atoms with Crippen molar-refractivity contribution in [2.75, 3.05) is 26.8 Å². The lowest BCUT2D eigenvalue weighted by Crippen LogP contribution is -2.36. The predicted octanol–water partition coefficient (Wildman–Crippen LogP) is 0.0928. The Kier molecular flexibility index (Phi) is 4.33. The fraction of sp³-hybridized carbons (Fsp3) is 0.667. The van der Waals surface area contributed by atoms with Crippen LogP contribution in [0.15, 0.2) is 12.5 Å². The average molecular weight is 252 g/mol. The van der Waals surface area contributed by atoms with Crippen molar-refractivity contribution in [3.05, 3.63) is 18.2 Å². The highest BCUT2D eigenvalue weighted by atomic mass is 16.5. The lowest BCUT2D eigenvalue weighted by molar-refractivity contribution is 0.0675. The van der Waals surface area contributed by atoms with E-state index in [0.717, 1.165) is 12.8 Å². The van der Waals surface area contributed by atoms with Crippen molar-refractivity contribution < 1.29 is 9.53 Å². The smallest absolute Gasteiger partial charge is 0.274 e. The summed E-state index contributed by atoms with van der Waals surface area (Å²) < 4.78 is 6.89. The molecule has 0 bridgehead atoms. The van der Waals surface area contributed by atoms with E-state index in [9.17, 15) is 4.79 Å². The number of imidazole rings is 1. The molecule has 1 amide bonds. The lowest BCUT2D eigenvalue weighted by Gasteiger charge is -2.20. The van der Waals surface area contributed by atoms with Gasteiger partial charge in [0.25, 0.3) is 5.91 Å². The van der Waals surface area contributed by atoms with Crippen LogP contribution in [-0.4, -0.2) is 53.2 Å². The van der Waals surface area contributed by atoms with Crippen LogP contribution in [0.5, 0.6) is 0 Å². The number of methoxy groups -OCH3 is 1. The lowest BCUT2D eigenvalue weighted by atomic mass is 10.3. The van der Waals surface area contributed by atoms with Gasteiger partial charge in [0.15, 0.2) is 0 Å². The first-order valence-corrected chi connectivity index (χ1v) is 6.28. The number of carbonyl (C=O) groups is 1. The second-order valence-corrected chi connectivity index (χ2v) is 4.51. The van der Waals surface area contributed by atoms with Crippen molar-refractivity contribution in [3.63, 3.8) is 0 Å². The molecule has 1 saturated carbocycles. The molecular formula is C12H20N4O2. The maximum Gasteiger partial charge on any atom is 0.274 e. The number of ether oxygens (including phenoxy) is 1. The Hall–Kier alpha value is -1.40. The first kappa shape index (κ1) is 13.0. The van der Waals surface area contributed by atoms with E-state index in [1.54, 1.807) is 19.6 Å². The van der Waals surface area contributed by atoms with Gasteiger partial charge in [0.2, 0.25) is 0 Å². The van der Waals surface area contributed by atoms with Crippen LogP contribution in [0.4, 0.5) is 0 Å². The van der Waals surface area contributed by atoms with Crippen LogP contribution < -0.4 is 5.73 Å². The van der Waals surface area contributed by atoms with Gasteiger partial charge in [-0.1, -0.05) is 0 Å². The second-order valence-electron chi connectivity index (χ2n) is 4.51. The fourth-order valence-corrected chi connectivity index (χ4v) is 1.91. The zero-order chi connectivity index (χ0) is 13.0. The molecule has 1 aliphatic carbocycles. The van der Waals surface area contributed by atoms with Crippen LogP contribution in [0, 0.1) is 0 Å². The molecule has 0 radical (unpaired) electrons. The maximum absolute atomic E-state index is 12.3. The van der Waals surface area contributed by atoms with Gasteiger partial charge in [-0.15, -0.1) is 0 Å². The highest BCUT2D eigenvalue weighted by molar-refractivity contribution is 5.92. The van der Waals surface area contributed by atoms with E-state index in [1.165, 1.54) is 0 Å². The van der Waals surface area contributed by atoms with Crippen molar-refractivity contribution in [2.45, 2.75) is 25.4 Å². The molecular weight excluding hydrogens is 232 g/mol. The van der Waals surface area contributed by atoms with Gasteiger partial charge >= 0.3 is 0 Å². The number of hydrogen-bond acceptors (Lipinski definition) is 4. The van der Waals surface area contributed by atoms with Crippen LogP contribution in [0.25, 0.3) is 0 Å². The predicted molar refractivity (Wildman–Crippen MR) is 67.2 cm³/mol. The molecule has 1 aromatic rings. The van der Waals surface area contributed by atoms with Crippen molar-refractivity contribution in [1.82, 2.24) is 14.5 Å². The summed E-state index contributed by atoms with van der Waals surface area (Å²) in [5.41, 5.74) is 5.96. The molecule has 0 atom stereocenters. The summed E-state index contributed by atoms with van der Waals surface area (Å²) >= 11 is 0. The quantitative estimate of drug-likeness (QED) is 0.746. The third-order valence-electron chi connectivity index (χ3n) is 3.02. The van der Waals surface area contributed by atoms with Crippen LogP contribution in [0.3, 0.4) is 0 Å². The molecule has 2 rings (SSSR count). The third kappa shape index (κ3) is 3.08. The molecule has 0 aliphatic heterocycles. The summed E-state index contributed by atoms with van der Waals surface area (Å²) in [5, 5.41) is 0. The number of rotatable bonds is 7. The Morgan fingerprint density at radius 2 is 2.44 bits per heavy atom. The Balaban J connectivity index is 2.01. The number of aromatic nitrogens is 2. The Morgan fingerprint density at radius 1 is 1.67 bits per heavy atom. The summed E-state index contributed by atoms with van der Waals surface area (Å²) in [7, 11) is 1.64. The largest absolute Gasteiger partial charge is 0.383 e. The van der Waals surface area contributed by atoms with E-state index in [4.69, 9.17) is 10.5 Å². The van der Waals surface area contributed by atoms with Gasteiger partial charge in [-0.25, -0.2) is 4.98 Å². The third-order valence-corrected chi connectivity index (χ3v) is 3.02. The molecule has 2 N–H and O–H groups in total. The number of amides is 1. The molecule has 6 heteroatoms. The summed E-state index contributed by atoms with van der Waals surface area (Å²) in [6.07, 6.45) is 5.58. The Morgan fingerprint density at radius 3 is 3.06 bits per heavy atom. The normalized spacial score (nSPS) is 14.8. The number of carbonyl (C=O) groups excluding carboxylic acids is 1. The Labute approximate surface area is 107 Å². The maximum atomic E-state index is 12.3. The van der Waals surface area contributed by atoms with E-state index in [2.05, 4.69) is 4.98 Å². The summed E-state index contributed by atoms with van der Waals surface area (Å²) in [4.78, 5) is 18.3. The van der Waals surface area contributed by atoms with Gasteiger partial charge in [0.05, 0.1) is 12.9 Å². The minimum atomic E-state index is -0.00896. The molecule has 1 aromatic heterocycles. The molecule has 0 saturated heterocycles. The van der Waals surface area contributed by atoms with Gasteiger partial charge in [-0.05, 0) is 12.8 Å². The van der Waals surface area contributed by atoms with Crippen LogP contribution >= 0.6 is 0 Å². The highest BCUT2D eigenvalue weighted by Crippen LogP contribution is 2.27.